The number of carbonyl (C=O) groups is 1. The van der Waals surface area contributed by atoms with Crippen LogP contribution in [0.5, 0.6) is 0 Å². The molecule has 3 rings (SSSR count). The highest BCUT2D eigenvalue weighted by molar-refractivity contribution is 5.72. The summed E-state index contributed by atoms with van der Waals surface area (Å²) in [6, 6.07) is 0. The molecule has 0 saturated heterocycles. The van der Waals surface area contributed by atoms with Gasteiger partial charge in [-0.15, -0.1) is 0 Å². The molecule has 136 valence electrons. The van der Waals surface area contributed by atoms with Gasteiger partial charge in [-0.25, -0.2) is 9.78 Å². The molecule has 0 aliphatic heterocycles. The minimum Gasteiger partial charge on any atom is -0.466 e. The Morgan fingerprint density at radius 1 is 1.32 bits per heavy atom. The van der Waals surface area contributed by atoms with Crippen LogP contribution in [0.25, 0.3) is 11.2 Å². The molecular weight excluding hydrogens is 324 g/mol. The number of esters is 1. The van der Waals surface area contributed by atoms with Gasteiger partial charge in [-0.3, -0.25) is 18.7 Å². The van der Waals surface area contributed by atoms with Crippen molar-refractivity contribution in [1.82, 2.24) is 18.7 Å². The Balaban J connectivity index is 1.90. The first kappa shape index (κ1) is 17.4. The van der Waals surface area contributed by atoms with Gasteiger partial charge in [0.15, 0.2) is 11.2 Å². The van der Waals surface area contributed by atoms with E-state index in [1.807, 2.05) is 0 Å². The van der Waals surface area contributed by atoms with E-state index in [0.29, 0.717) is 30.7 Å². The molecule has 0 bridgehead atoms. The molecule has 0 N–H and O–H groups in total. The first-order valence-corrected chi connectivity index (χ1v) is 8.71. The SMILES string of the molecule is CCOC(=O)C1CCCC(Cn2c(=O)c3c(ncn3C)n(C)c2=O)C1. The molecular formula is C17H24N4O4. The Morgan fingerprint density at radius 3 is 2.80 bits per heavy atom. The molecule has 2 unspecified atom stereocenters. The average molecular weight is 348 g/mol. The fourth-order valence-corrected chi connectivity index (χ4v) is 3.75. The maximum absolute atomic E-state index is 12.8. The second-order valence-corrected chi connectivity index (χ2v) is 6.77. The molecule has 0 aromatic carbocycles. The number of hydrogen-bond donors (Lipinski definition) is 0. The van der Waals surface area contributed by atoms with Crippen LogP contribution in [0.1, 0.15) is 32.6 Å². The van der Waals surface area contributed by atoms with E-state index in [-0.39, 0.29) is 29.1 Å². The van der Waals surface area contributed by atoms with Crippen LogP contribution in [-0.2, 0) is 30.2 Å². The van der Waals surface area contributed by atoms with Crippen LogP contribution in [0.2, 0.25) is 0 Å². The van der Waals surface area contributed by atoms with Crippen molar-refractivity contribution in [2.75, 3.05) is 6.61 Å². The number of hydrogen-bond acceptors (Lipinski definition) is 5. The van der Waals surface area contributed by atoms with Gasteiger partial charge in [0, 0.05) is 20.6 Å². The monoisotopic (exact) mass is 348 g/mol. The quantitative estimate of drug-likeness (QED) is 0.763. The second-order valence-electron chi connectivity index (χ2n) is 6.77. The Bertz CT molecular complexity index is 908. The van der Waals surface area contributed by atoms with Crippen LogP contribution in [-0.4, -0.2) is 31.3 Å². The smallest absolute Gasteiger partial charge is 0.332 e. The summed E-state index contributed by atoms with van der Waals surface area (Å²) in [4.78, 5) is 41.5. The van der Waals surface area contributed by atoms with E-state index in [1.165, 1.54) is 15.5 Å². The highest BCUT2D eigenvalue weighted by Crippen LogP contribution is 2.30. The lowest BCUT2D eigenvalue weighted by Gasteiger charge is -2.28. The number of nitrogens with zero attached hydrogens (tertiary/aromatic N) is 4. The van der Waals surface area contributed by atoms with Crippen molar-refractivity contribution in [3.8, 4) is 0 Å². The Kier molecular flexibility index (Phi) is 4.78. The van der Waals surface area contributed by atoms with Crippen LogP contribution in [0, 0.1) is 11.8 Å². The van der Waals surface area contributed by atoms with Crippen LogP contribution in [0.15, 0.2) is 15.9 Å². The van der Waals surface area contributed by atoms with Gasteiger partial charge in [0.05, 0.1) is 18.9 Å². The van der Waals surface area contributed by atoms with Gasteiger partial charge >= 0.3 is 11.7 Å². The van der Waals surface area contributed by atoms with Crippen LogP contribution in [0.3, 0.4) is 0 Å². The molecule has 2 heterocycles. The fourth-order valence-electron chi connectivity index (χ4n) is 3.75. The third-order valence-electron chi connectivity index (χ3n) is 5.04. The molecule has 2 atom stereocenters. The van der Waals surface area contributed by atoms with Gasteiger partial charge in [0.25, 0.3) is 5.56 Å². The van der Waals surface area contributed by atoms with Gasteiger partial charge in [-0.2, -0.15) is 0 Å². The minimum absolute atomic E-state index is 0.110. The van der Waals surface area contributed by atoms with Crippen LogP contribution in [0.4, 0.5) is 0 Å². The molecule has 8 nitrogen and oxygen atoms in total. The number of aryl methyl sites for hydroxylation is 2. The number of carbonyl (C=O) groups excluding carboxylic acids is 1. The summed E-state index contributed by atoms with van der Waals surface area (Å²) in [5.41, 5.74) is 0.118. The lowest BCUT2D eigenvalue weighted by Crippen LogP contribution is -2.42. The summed E-state index contributed by atoms with van der Waals surface area (Å²) < 4.78 is 9.44. The van der Waals surface area contributed by atoms with E-state index in [4.69, 9.17) is 4.74 Å². The lowest BCUT2D eigenvalue weighted by atomic mass is 9.81. The summed E-state index contributed by atoms with van der Waals surface area (Å²) in [5.74, 6) is -0.201. The van der Waals surface area contributed by atoms with E-state index >= 15 is 0 Å². The zero-order chi connectivity index (χ0) is 18.1. The lowest BCUT2D eigenvalue weighted by molar-refractivity contribution is -0.149. The summed E-state index contributed by atoms with van der Waals surface area (Å²) in [6.07, 6.45) is 4.79. The molecule has 2 aromatic rings. The van der Waals surface area contributed by atoms with Crippen molar-refractivity contribution >= 4 is 17.1 Å². The summed E-state index contributed by atoms with van der Waals surface area (Å²) in [7, 11) is 3.36. The molecule has 0 radical (unpaired) electrons. The Labute approximate surface area is 145 Å². The van der Waals surface area contributed by atoms with E-state index in [9.17, 15) is 14.4 Å². The van der Waals surface area contributed by atoms with Crippen molar-refractivity contribution in [2.45, 2.75) is 39.2 Å². The predicted molar refractivity (Wildman–Crippen MR) is 92.3 cm³/mol. The molecule has 8 heteroatoms. The molecule has 0 spiro atoms. The molecule has 1 fully saturated rings. The summed E-state index contributed by atoms with van der Waals surface area (Å²) >= 11 is 0. The first-order valence-electron chi connectivity index (χ1n) is 8.71. The average Bonchev–Trinajstić information content (AvgIpc) is 2.99. The zero-order valence-corrected chi connectivity index (χ0v) is 14.9. The number of fused-ring (bicyclic) bond motifs is 1. The molecule has 0 amide bonds. The maximum Gasteiger partial charge on any atom is 0.332 e. The van der Waals surface area contributed by atoms with Gasteiger partial charge in [0.2, 0.25) is 0 Å². The highest BCUT2D eigenvalue weighted by Gasteiger charge is 2.29. The summed E-state index contributed by atoms with van der Waals surface area (Å²) in [5, 5.41) is 0. The standard InChI is InChI=1S/C17H24N4O4/c1-4-25-16(23)12-7-5-6-11(8-12)9-21-15(22)13-14(18-10-19(13)2)20(3)17(21)24/h10-12H,4-9H2,1-3H3. The topological polar surface area (TPSA) is 88.1 Å². The molecule has 25 heavy (non-hydrogen) atoms. The van der Waals surface area contributed by atoms with Gasteiger partial charge in [-0.1, -0.05) is 6.42 Å². The van der Waals surface area contributed by atoms with Gasteiger partial charge < -0.3 is 9.30 Å². The van der Waals surface area contributed by atoms with Crippen molar-refractivity contribution < 1.29 is 9.53 Å². The molecule has 2 aromatic heterocycles. The highest BCUT2D eigenvalue weighted by atomic mass is 16.5. The van der Waals surface area contributed by atoms with Crippen molar-refractivity contribution in [1.29, 1.82) is 0 Å². The molecule has 1 saturated carbocycles. The number of imidazole rings is 1. The third-order valence-corrected chi connectivity index (χ3v) is 5.04. The summed E-state index contributed by atoms with van der Waals surface area (Å²) in [6.45, 7) is 2.49. The van der Waals surface area contributed by atoms with Gasteiger partial charge in [-0.05, 0) is 32.1 Å². The normalized spacial score (nSPS) is 20.8. The van der Waals surface area contributed by atoms with E-state index in [0.717, 1.165) is 19.3 Å². The minimum atomic E-state index is -0.366. The van der Waals surface area contributed by atoms with Gasteiger partial charge in [0.1, 0.15) is 0 Å². The van der Waals surface area contributed by atoms with E-state index < -0.39 is 0 Å². The predicted octanol–water partition coefficient (Wildman–Crippen LogP) is 0.803. The van der Waals surface area contributed by atoms with Crippen molar-refractivity contribution in [3.05, 3.63) is 27.2 Å². The van der Waals surface area contributed by atoms with Crippen molar-refractivity contribution in [3.63, 3.8) is 0 Å². The number of aromatic nitrogens is 4. The van der Waals surface area contributed by atoms with Crippen molar-refractivity contribution in [2.24, 2.45) is 25.9 Å². The molecule has 1 aliphatic carbocycles. The van der Waals surface area contributed by atoms with Crippen LogP contribution < -0.4 is 11.2 Å². The van der Waals surface area contributed by atoms with Crippen LogP contribution >= 0.6 is 0 Å². The third kappa shape index (κ3) is 3.12. The second kappa shape index (κ2) is 6.85. The Morgan fingerprint density at radius 2 is 2.08 bits per heavy atom. The largest absolute Gasteiger partial charge is 0.466 e. The number of rotatable bonds is 4. The fraction of sp³-hybridized carbons (Fsp3) is 0.647. The number of ether oxygens (including phenoxy) is 1. The maximum atomic E-state index is 12.8. The first-order chi connectivity index (χ1) is 11.9. The zero-order valence-electron chi connectivity index (χ0n) is 14.9. The van der Waals surface area contributed by atoms with E-state index in [2.05, 4.69) is 4.98 Å². The molecule has 1 aliphatic rings. The van der Waals surface area contributed by atoms with E-state index in [1.54, 1.807) is 25.6 Å². The Hall–Kier alpha value is -2.38.